The van der Waals surface area contributed by atoms with Crippen LogP contribution >= 0.6 is 22.9 Å². The molecule has 0 saturated heterocycles. The zero-order chi connectivity index (χ0) is 16.9. The zero-order valence-electron chi connectivity index (χ0n) is 12.8. The first-order valence-electron chi connectivity index (χ1n) is 7.15. The van der Waals surface area contributed by atoms with Gasteiger partial charge in [0.1, 0.15) is 5.75 Å². The number of nitrogens with zero attached hydrogens (tertiary/aromatic N) is 2. The molecule has 2 aromatic heterocycles. The van der Waals surface area contributed by atoms with Crippen LogP contribution in [0.15, 0.2) is 40.2 Å². The number of amides is 1. The third-order valence-electron chi connectivity index (χ3n) is 3.21. The molecule has 24 heavy (non-hydrogen) atoms. The molecule has 1 aromatic carbocycles. The Bertz CT molecular complexity index is 833. The van der Waals surface area contributed by atoms with Gasteiger partial charge in [-0.15, -0.1) is 11.3 Å². The fraction of sp³-hybridized carbons (Fsp3) is 0.188. The summed E-state index contributed by atoms with van der Waals surface area (Å²) in [5.41, 5.74) is 0.607. The number of aromatic nitrogens is 2. The number of benzene rings is 1. The van der Waals surface area contributed by atoms with E-state index in [4.69, 9.17) is 20.9 Å². The van der Waals surface area contributed by atoms with Gasteiger partial charge in [-0.2, -0.15) is 4.98 Å². The first-order valence-corrected chi connectivity index (χ1v) is 8.41. The SMILES string of the molecule is COc1ccc(NC(=O)CCc2nc(-c3cccs3)no2)cc1Cl. The van der Waals surface area contributed by atoms with Crippen LogP contribution in [-0.2, 0) is 11.2 Å². The van der Waals surface area contributed by atoms with Crippen LogP contribution in [0.2, 0.25) is 5.02 Å². The van der Waals surface area contributed by atoms with Crippen molar-refractivity contribution in [2.75, 3.05) is 12.4 Å². The van der Waals surface area contributed by atoms with Gasteiger partial charge in [0, 0.05) is 18.5 Å². The Morgan fingerprint density at radius 1 is 1.42 bits per heavy atom. The summed E-state index contributed by atoms with van der Waals surface area (Å²) in [5.74, 6) is 1.37. The summed E-state index contributed by atoms with van der Waals surface area (Å²) in [5, 5.41) is 9.07. The molecular weight excluding hydrogens is 350 g/mol. The van der Waals surface area contributed by atoms with E-state index in [1.807, 2.05) is 17.5 Å². The third-order valence-corrected chi connectivity index (χ3v) is 4.37. The molecule has 0 fully saturated rings. The number of anilines is 1. The number of hydrogen-bond donors (Lipinski definition) is 1. The molecule has 0 spiro atoms. The predicted octanol–water partition coefficient (Wildman–Crippen LogP) is 4.03. The number of aryl methyl sites for hydroxylation is 1. The first-order chi connectivity index (χ1) is 11.7. The maximum Gasteiger partial charge on any atom is 0.227 e. The highest BCUT2D eigenvalue weighted by Crippen LogP contribution is 2.27. The number of halogens is 1. The van der Waals surface area contributed by atoms with Crippen molar-refractivity contribution in [3.8, 4) is 16.5 Å². The average molecular weight is 364 g/mol. The molecule has 6 nitrogen and oxygen atoms in total. The number of carbonyl (C=O) groups is 1. The van der Waals surface area contributed by atoms with Gasteiger partial charge >= 0.3 is 0 Å². The highest BCUT2D eigenvalue weighted by Gasteiger charge is 2.12. The Kier molecular flexibility index (Phi) is 5.12. The van der Waals surface area contributed by atoms with Crippen LogP contribution in [-0.4, -0.2) is 23.2 Å². The van der Waals surface area contributed by atoms with E-state index in [9.17, 15) is 4.79 Å². The average Bonchev–Trinajstić information content (AvgIpc) is 3.24. The molecule has 2 heterocycles. The second-order valence-electron chi connectivity index (χ2n) is 4.89. The second-order valence-corrected chi connectivity index (χ2v) is 6.24. The van der Waals surface area contributed by atoms with E-state index in [0.29, 0.717) is 34.6 Å². The van der Waals surface area contributed by atoms with Crippen molar-refractivity contribution < 1.29 is 14.1 Å². The molecule has 1 amide bonds. The van der Waals surface area contributed by atoms with Crippen LogP contribution in [0.25, 0.3) is 10.7 Å². The highest BCUT2D eigenvalue weighted by molar-refractivity contribution is 7.13. The van der Waals surface area contributed by atoms with Gasteiger partial charge in [-0.3, -0.25) is 4.79 Å². The normalized spacial score (nSPS) is 10.6. The van der Waals surface area contributed by atoms with E-state index >= 15 is 0 Å². The molecule has 0 aliphatic carbocycles. The van der Waals surface area contributed by atoms with E-state index in [1.165, 1.54) is 18.4 Å². The lowest BCUT2D eigenvalue weighted by Crippen LogP contribution is -2.12. The van der Waals surface area contributed by atoms with Gasteiger partial charge in [-0.05, 0) is 29.6 Å². The van der Waals surface area contributed by atoms with E-state index < -0.39 is 0 Å². The molecule has 0 radical (unpaired) electrons. The van der Waals surface area contributed by atoms with E-state index in [1.54, 1.807) is 18.2 Å². The van der Waals surface area contributed by atoms with Gasteiger partial charge in [-0.1, -0.05) is 22.8 Å². The minimum absolute atomic E-state index is 0.160. The van der Waals surface area contributed by atoms with Crippen molar-refractivity contribution in [2.24, 2.45) is 0 Å². The lowest BCUT2D eigenvalue weighted by Gasteiger charge is -2.07. The van der Waals surface area contributed by atoms with Crippen LogP contribution < -0.4 is 10.1 Å². The largest absolute Gasteiger partial charge is 0.495 e. The summed E-state index contributed by atoms with van der Waals surface area (Å²) in [6.07, 6.45) is 0.601. The quantitative estimate of drug-likeness (QED) is 0.715. The predicted molar refractivity (Wildman–Crippen MR) is 92.6 cm³/mol. The number of thiophene rings is 1. The minimum Gasteiger partial charge on any atom is -0.495 e. The Labute approximate surface area is 147 Å². The first kappa shape index (κ1) is 16.5. The van der Waals surface area contributed by atoms with E-state index in [-0.39, 0.29) is 12.3 Å². The maximum atomic E-state index is 12.0. The summed E-state index contributed by atoms with van der Waals surface area (Å²) in [6.45, 7) is 0. The minimum atomic E-state index is -0.160. The number of carbonyl (C=O) groups excluding carboxylic acids is 1. The van der Waals surface area contributed by atoms with Crippen molar-refractivity contribution in [2.45, 2.75) is 12.8 Å². The second kappa shape index (κ2) is 7.46. The molecule has 3 aromatic rings. The number of hydrogen-bond acceptors (Lipinski definition) is 6. The number of nitrogens with one attached hydrogen (secondary N) is 1. The van der Waals surface area contributed by atoms with E-state index in [0.717, 1.165) is 4.88 Å². The summed E-state index contributed by atoms with van der Waals surface area (Å²) < 4.78 is 10.2. The molecule has 0 aliphatic heterocycles. The van der Waals surface area contributed by atoms with Crippen LogP contribution in [0, 0.1) is 0 Å². The van der Waals surface area contributed by atoms with Crippen LogP contribution in [0.5, 0.6) is 5.75 Å². The van der Waals surface area contributed by atoms with E-state index in [2.05, 4.69) is 15.5 Å². The summed E-state index contributed by atoms with van der Waals surface area (Å²) >= 11 is 7.56. The van der Waals surface area contributed by atoms with Gasteiger partial charge in [-0.25, -0.2) is 0 Å². The molecule has 0 saturated carbocycles. The zero-order valence-corrected chi connectivity index (χ0v) is 14.4. The molecule has 8 heteroatoms. The molecule has 0 atom stereocenters. The molecule has 0 aliphatic rings. The Morgan fingerprint density at radius 2 is 2.29 bits per heavy atom. The number of methoxy groups -OCH3 is 1. The Balaban J connectivity index is 1.55. The summed E-state index contributed by atoms with van der Waals surface area (Å²) in [4.78, 5) is 17.2. The number of rotatable bonds is 6. The van der Waals surface area contributed by atoms with Gasteiger partial charge < -0.3 is 14.6 Å². The van der Waals surface area contributed by atoms with Crippen molar-refractivity contribution >= 4 is 34.5 Å². The van der Waals surface area contributed by atoms with Crippen molar-refractivity contribution in [3.63, 3.8) is 0 Å². The molecule has 124 valence electrons. The lowest BCUT2D eigenvalue weighted by molar-refractivity contribution is -0.116. The van der Waals surface area contributed by atoms with Gasteiger partial charge in [0.2, 0.25) is 17.6 Å². The van der Waals surface area contributed by atoms with Crippen molar-refractivity contribution in [1.29, 1.82) is 0 Å². The molecular formula is C16H14ClN3O3S. The van der Waals surface area contributed by atoms with Crippen molar-refractivity contribution in [3.05, 3.63) is 46.6 Å². The summed E-state index contributed by atoms with van der Waals surface area (Å²) in [7, 11) is 1.54. The summed E-state index contributed by atoms with van der Waals surface area (Å²) in [6, 6.07) is 8.90. The van der Waals surface area contributed by atoms with Crippen LogP contribution in [0.1, 0.15) is 12.3 Å². The Morgan fingerprint density at radius 3 is 3.00 bits per heavy atom. The van der Waals surface area contributed by atoms with Crippen molar-refractivity contribution in [1.82, 2.24) is 10.1 Å². The van der Waals surface area contributed by atoms with Gasteiger partial charge in [0.25, 0.3) is 0 Å². The number of ether oxygens (including phenoxy) is 1. The fourth-order valence-electron chi connectivity index (χ4n) is 2.05. The Hall–Kier alpha value is -2.38. The monoisotopic (exact) mass is 363 g/mol. The maximum absolute atomic E-state index is 12.0. The van der Waals surface area contributed by atoms with Gasteiger partial charge in [0.05, 0.1) is 17.0 Å². The third kappa shape index (κ3) is 3.93. The van der Waals surface area contributed by atoms with Crippen LogP contribution in [0.3, 0.4) is 0 Å². The fourth-order valence-corrected chi connectivity index (χ4v) is 2.96. The molecule has 1 N–H and O–H groups in total. The lowest BCUT2D eigenvalue weighted by atomic mass is 10.2. The smallest absolute Gasteiger partial charge is 0.227 e. The molecule has 3 rings (SSSR count). The molecule has 0 unspecified atom stereocenters. The van der Waals surface area contributed by atoms with Gasteiger partial charge in [0.15, 0.2) is 0 Å². The topological polar surface area (TPSA) is 77.2 Å². The van der Waals surface area contributed by atoms with Crippen LogP contribution in [0.4, 0.5) is 5.69 Å². The molecule has 0 bridgehead atoms. The highest BCUT2D eigenvalue weighted by atomic mass is 35.5. The standard InChI is InChI=1S/C16H14ClN3O3S/c1-22-12-5-4-10(9-11(12)17)18-14(21)6-7-15-19-16(20-23-15)13-3-2-8-24-13/h2-5,8-9H,6-7H2,1H3,(H,18,21).